The molecule has 3 rings (SSSR count). The number of aromatic hydroxyl groups is 2. The number of nitrogens with zero attached hydrogens (tertiary/aromatic N) is 1. The van der Waals surface area contributed by atoms with Crippen LogP contribution in [0.1, 0.15) is 23.2 Å². The van der Waals surface area contributed by atoms with Crippen molar-refractivity contribution in [3.63, 3.8) is 0 Å². The number of rotatable bonds is 1. The van der Waals surface area contributed by atoms with E-state index >= 15 is 0 Å². The highest BCUT2D eigenvalue weighted by Crippen LogP contribution is 2.30. The Morgan fingerprint density at radius 1 is 1.30 bits per heavy atom. The number of hydrogen-bond donors (Lipinski definition) is 3. The zero-order valence-electron chi connectivity index (χ0n) is 10.9. The summed E-state index contributed by atoms with van der Waals surface area (Å²) in [5.74, 6) is -0.897. The summed E-state index contributed by atoms with van der Waals surface area (Å²) in [5.41, 5.74) is 0.320. The van der Waals surface area contributed by atoms with Gasteiger partial charge in [0.15, 0.2) is 11.5 Å². The van der Waals surface area contributed by atoms with E-state index in [1.54, 1.807) is 4.90 Å². The van der Waals surface area contributed by atoms with Gasteiger partial charge in [-0.25, -0.2) is 0 Å². The predicted octanol–water partition coefficient (Wildman–Crippen LogP) is 0.448. The number of carbonyl (C=O) groups excluding carboxylic acids is 2. The SMILES string of the molecule is O=C1NCC2C1CCCN2C(=O)c1ccc(O)c(O)c1. The van der Waals surface area contributed by atoms with Crippen molar-refractivity contribution in [3.8, 4) is 11.5 Å². The molecule has 0 spiro atoms. The van der Waals surface area contributed by atoms with Gasteiger partial charge in [-0.05, 0) is 31.0 Å². The number of phenolic OH excluding ortho intramolecular Hbond substituents is 2. The largest absolute Gasteiger partial charge is 0.504 e. The van der Waals surface area contributed by atoms with Gasteiger partial charge in [0.1, 0.15) is 0 Å². The fourth-order valence-electron chi connectivity index (χ4n) is 3.03. The van der Waals surface area contributed by atoms with E-state index in [1.165, 1.54) is 18.2 Å². The van der Waals surface area contributed by atoms with Crippen molar-refractivity contribution in [1.29, 1.82) is 0 Å². The van der Waals surface area contributed by atoms with E-state index in [0.717, 1.165) is 12.8 Å². The van der Waals surface area contributed by atoms with Gasteiger partial charge in [0.05, 0.1) is 12.0 Å². The first-order valence-electron chi connectivity index (χ1n) is 6.68. The third-order valence-corrected chi connectivity index (χ3v) is 4.08. The average molecular weight is 276 g/mol. The minimum absolute atomic E-state index is 0.0149. The Bertz CT molecular complexity index is 572. The van der Waals surface area contributed by atoms with E-state index in [2.05, 4.69) is 5.32 Å². The van der Waals surface area contributed by atoms with Crippen LogP contribution in [0.2, 0.25) is 0 Å². The van der Waals surface area contributed by atoms with E-state index in [4.69, 9.17) is 0 Å². The van der Waals surface area contributed by atoms with Gasteiger partial charge < -0.3 is 20.4 Å². The van der Waals surface area contributed by atoms with Crippen LogP contribution >= 0.6 is 0 Å². The highest BCUT2D eigenvalue weighted by Gasteiger charge is 2.42. The van der Waals surface area contributed by atoms with Crippen LogP contribution in [-0.2, 0) is 4.79 Å². The van der Waals surface area contributed by atoms with E-state index in [-0.39, 0.29) is 35.3 Å². The van der Waals surface area contributed by atoms with Crippen LogP contribution in [0.25, 0.3) is 0 Å². The number of nitrogens with one attached hydrogen (secondary N) is 1. The second-order valence-corrected chi connectivity index (χ2v) is 5.26. The molecule has 2 aliphatic heterocycles. The smallest absolute Gasteiger partial charge is 0.254 e. The molecule has 0 aliphatic carbocycles. The standard InChI is InChI=1S/C14H16N2O4/c17-11-4-3-8(6-12(11)18)14(20)16-5-1-2-9-10(16)7-15-13(9)19/h3-4,6,9-10,17-18H,1-2,5,7H2,(H,15,19). The summed E-state index contributed by atoms with van der Waals surface area (Å²) in [7, 11) is 0. The van der Waals surface area contributed by atoms with Crippen molar-refractivity contribution in [3.05, 3.63) is 23.8 Å². The normalized spacial score (nSPS) is 25.2. The van der Waals surface area contributed by atoms with Crippen molar-refractivity contribution in [2.45, 2.75) is 18.9 Å². The molecule has 0 aromatic heterocycles. The maximum absolute atomic E-state index is 12.5. The molecular weight excluding hydrogens is 260 g/mol. The monoisotopic (exact) mass is 276 g/mol. The van der Waals surface area contributed by atoms with Crippen LogP contribution in [-0.4, -0.2) is 46.1 Å². The van der Waals surface area contributed by atoms with E-state index in [1.807, 2.05) is 0 Å². The molecule has 2 unspecified atom stereocenters. The number of phenols is 2. The van der Waals surface area contributed by atoms with Crippen LogP contribution in [0.15, 0.2) is 18.2 Å². The Morgan fingerprint density at radius 2 is 2.10 bits per heavy atom. The molecule has 2 fully saturated rings. The number of hydrogen-bond acceptors (Lipinski definition) is 4. The summed E-state index contributed by atoms with van der Waals surface area (Å²) in [5, 5.41) is 21.6. The summed E-state index contributed by atoms with van der Waals surface area (Å²) >= 11 is 0. The van der Waals surface area contributed by atoms with Crippen LogP contribution in [0.4, 0.5) is 0 Å². The molecule has 2 saturated heterocycles. The maximum Gasteiger partial charge on any atom is 0.254 e. The number of carbonyl (C=O) groups is 2. The minimum Gasteiger partial charge on any atom is -0.504 e. The Hall–Kier alpha value is -2.24. The molecule has 6 heteroatoms. The molecule has 2 atom stereocenters. The number of amides is 2. The zero-order chi connectivity index (χ0) is 14.3. The maximum atomic E-state index is 12.5. The Labute approximate surface area is 116 Å². The molecule has 0 bridgehead atoms. The van der Waals surface area contributed by atoms with Crippen molar-refractivity contribution in [2.24, 2.45) is 5.92 Å². The highest BCUT2D eigenvalue weighted by molar-refractivity contribution is 5.96. The lowest BCUT2D eigenvalue weighted by Gasteiger charge is -2.36. The minimum atomic E-state index is -0.315. The van der Waals surface area contributed by atoms with Crippen molar-refractivity contribution < 1.29 is 19.8 Å². The Balaban J connectivity index is 1.86. The summed E-state index contributed by atoms with van der Waals surface area (Å²) in [6, 6.07) is 3.92. The number of benzene rings is 1. The summed E-state index contributed by atoms with van der Waals surface area (Å²) in [6.45, 7) is 1.09. The van der Waals surface area contributed by atoms with Gasteiger partial charge in [0.25, 0.3) is 5.91 Å². The van der Waals surface area contributed by atoms with Crippen LogP contribution in [0.5, 0.6) is 11.5 Å². The van der Waals surface area contributed by atoms with E-state index < -0.39 is 0 Å². The molecule has 2 aliphatic rings. The van der Waals surface area contributed by atoms with Crippen LogP contribution in [0, 0.1) is 5.92 Å². The van der Waals surface area contributed by atoms with Gasteiger partial charge in [0, 0.05) is 18.7 Å². The van der Waals surface area contributed by atoms with Crippen molar-refractivity contribution in [2.75, 3.05) is 13.1 Å². The lowest BCUT2D eigenvalue weighted by atomic mass is 9.91. The molecule has 2 heterocycles. The molecule has 1 aromatic carbocycles. The summed E-state index contributed by atoms with van der Waals surface area (Å²) in [6.07, 6.45) is 1.60. The quantitative estimate of drug-likeness (QED) is 0.650. The fourth-order valence-corrected chi connectivity index (χ4v) is 3.03. The van der Waals surface area contributed by atoms with Crippen LogP contribution in [0.3, 0.4) is 0 Å². The highest BCUT2D eigenvalue weighted by atomic mass is 16.3. The molecule has 6 nitrogen and oxygen atoms in total. The molecule has 106 valence electrons. The summed E-state index contributed by atoms with van der Waals surface area (Å²) < 4.78 is 0. The summed E-state index contributed by atoms with van der Waals surface area (Å²) in [4.78, 5) is 25.9. The Kier molecular flexibility index (Phi) is 3.00. The van der Waals surface area contributed by atoms with Gasteiger partial charge in [-0.15, -0.1) is 0 Å². The topological polar surface area (TPSA) is 89.9 Å². The third kappa shape index (κ3) is 1.97. The first kappa shape index (κ1) is 12.8. The molecule has 0 radical (unpaired) electrons. The number of likely N-dealkylation sites (tertiary alicyclic amines) is 1. The number of piperidine rings is 1. The van der Waals surface area contributed by atoms with Crippen LogP contribution < -0.4 is 5.32 Å². The molecule has 2 amide bonds. The molecule has 3 N–H and O–H groups in total. The number of fused-ring (bicyclic) bond motifs is 1. The van der Waals surface area contributed by atoms with Gasteiger partial charge in [0.2, 0.25) is 5.91 Å². The van der Waals surface area contributed by atoms with Crippen molar-refractivity contribution in [1.82, 2.24) is 10.2 Å². The van der Waals surface area contributed by atoms with E-state index in [0.29, 0.717) is 18.7 Å². The lowest BCUT2D eigenvalue weighted by molar-refractivity contribution is -0.123. The molecular formula is C14H16N2O4. The first-order valence-corrected chi connectivity index (χ1v) is 6.68. The van der Waals surface area contributed by atoms with E-state index in [9.17, 15) is 19.8 Å². The second-order valence-electron chi connectivity index (χ2n) is 5.26. The van der Waals surface area contributed by atoms with Gasteiger partial charge in [-0.2, -0.15) is 0 Å². The molecule has 20 heavy (non-hydrogen) atoms. The molecule has 0 saturated carbocycles. The fraction of sp³-hybridized carbons (Fsp3) is 0.429. The average Bonchev–Trinajstić information content (AvgIpc) is 2.83. The lowest BCUT2D eigenvalue weighted by Crippen LogP contribution is -2.48. The van der Waals surface area contributed by atoms with Gasteiger partial charge in [-0.1, -0.05) is 0 Å². The van der Waals surface area contributed by atoms with Gasteiger partial charge in [-0.3, -0.25) is 9.59 Å². The Morgan fingerprint density at radius 3 is 2.85 bits per heavy atom. The molecule has 1 aromatic rings. The van der Waals surface area contributed by atoms with Gasteiger partial charge >= 0.3 is 0 Å². The van der Waals surface area contributed by atoms with Crippen molar-refractivity contribution >= 4 is 11.8 Å². The second kappa shape index (κ2) is 4.70. The first-order chi connectivity index (χ1) is 9.58. The third-order valence-electron chi connectivity index (χ3n) is 4.08. The zero-order valence-corrected chi connectivity index (χ0v) is 10.9. The predicted molar refractivity (Wildman–Crippen MR) is 70.3 cm³/mol.